The topological polar surface area (TPSA) is 159 Å². The minimum Gasteiger partial charge on any atom is -0.480 e. The van der Waals surface area contributed by atoms with Crippen LogP contribution in [0.4, 0.5) is 15.0 Å². The highest BCUT2D eigenvalue weighted by Gasteiger charge is 2.40. The van der Waals surface area contributed by atoms with E-state index >= 15 is 0 Å². The molecule has 0 bridgehead atoms. The highest BCUT2D eigenvalue weighted by molar-refractivity contribution is 7.89. The number of alkyl halides is 1. The van der Waals surface area contributed by atoms with Gasteiger partial charge in [0.2, 0.25) is 22.8 Å². The van der Waals surface area contributed by atoms with Gasteiger partial charge in [-0.25, -0.2) is 27.4 Å². The number of halogens is 1. The van der Waals surface area contributed by atoms with E-state index in [-0.39, 0.29) is 35.8 Å². The molecule has 13 nitrogen and oxygen atoms in total. The number of sulfonamides is 1. The molecule has 2 saturated heterocycles. The van der Waals surface area contributed by atoms with Crippen molar-refractivity contribution in [3.05, 3.63) is 78.5 Å². The average Bonchev–Trinajstić information content (AvgIpc) is 3.58. The van der Waals surface area contributed by atoms with Crippen molar-refractivity contribution < 1.29 is 41.8 Å². The lowest BCUT2D eigenvalue weighted by atomic mass is 10.1. The summed E-state index contributed by atoms with van der Waals surface area (Å²) in [5.74, 6) is -0.721. The Kier molecular flexibility index (Phi) is 10.3. The zero-order valence-corrected chi connectivity index (χ0v) is 25.6. The maximum absolute atomic E-state index is 13.3. The van der Waals surface area contributed by atoms with Crippen molar-refractivity contribution in [2.24, 2.45) is 0 Å². The van der Waals surface area contributed by atoms with Gasteiger partial charge in [-0.15, -0.1) is 0 Å². The first-order chi connectivity index (χ1) is 22.2. The van der Waals surface area contributed by atoms with Crippen LogP contribution in [0.25, 0.3) is 0 Å². The summed E-state index contributed by atoms with van der Waals surface area (Å²) in [6.07, 6.45) is 1.78. The number of benzene rings is 2. The zero-order valence-electron chi connectivity index (χ0n) is 24.8. The van der Waals surface area contributed by atoms with Gasteiger partial charge in [0.05, 0.1) is 4.90 Å². The van der Waals surface area contributed by atoms with Crippen LogP contribution in [-0.2, 0) is 26.0 Å². The molecule has 0 spiro atoms. The number of hydrogen-bond donors (Lipinski definition) is 2. The molecule has 2 fully saturated rings. The Morgan fingerprint density at radius 1 is 0.957 bits per heavy atom. The van der Waals surface area contributed by atoms with Crippen LogP contribution in [0.5, 0.6) is 11.5 Å². The smallest absolute Gasteiger partial charge is 0.415 e. The molecular weight excluding hydrogens is 621 g/mol. The number of carboxylic acid groups (broad SMARTS) is 1. The van der Waals surface area contributed by atoms with E-state index in [1.165, 1.54) is 24.3 Å². The molecule has 46 heavy (non-hydrogen) atoms. The third-order valence-corrected chi connectivity index (χ3v) is 9.77. The number of anilines is 1. The average molecular weight is 656 g/mol. The van der Waals surface area contributed by atoms with Gasteiger partial charge in [0.25, 0.3) is 0 Å². The van der Waals surface area contributed by atoms with Crippen molar-refractivity contribution in [1.29, 1.82) is 0 Å². The monoisotopic (exact) mass is 655 g/mol. The molecule has 244 valence electrons. The molecule has 1 aromatic heterocycles. The summed E-state index contributed by atoms with van der Waals surface area (Å²) in [5, 5.41) is 12.3. The highest BCUT2D eigenvalue weighted by Crippen LogP contribution is 2.28. The molecule has 0 saturated carbocycles. The Morgan fingerprint density at radius 3 is 2.28 bits per heavy atom. The first-order valence-electron chi connectivity index (χ1n) is 14.7. The standard InChI is InChI=1S/C31H34FN5O8S/c32-21-44-23-10-12-25(13-11-23)46(42,43)37-15-3-4-27(37)29(38)34-26(30(39)40)20-22-6-8-24(9-7-22)45-31(41)36-18-16-35(17-19-36)28-5-1-2-14-33-28/h1-2,5-14,26-27H,3-4,15-21H2,(H,34,38)(H,39,40)/t26-,27-/m0/s1. The Bertz CT molecular complexity index is 1620. The van der Waals surface area contributed by atoms with Crippen molar-refractivity contribution in [2.45, 2.75) is 36.2 Å². The minimum absolute atomic E-state index is 0.0831. The molecule has 5 rings (SSSR count). The summed E-state index contributed by atoms with van der Waals surface area (Å²) < 4.78 is 50.3. The van der Waals surface area contributed by atoms with Gasteiger partial charge >= 0.3 is 12.1 Å². The van der Waals surface area contributed by atoms with Crippen LogP contribution in [0.3, 0.4) is 0 Å². The van der Waals surface area contributed by atoms with Crippen molar-refractivity contribution >= 4 is 33.8 Å². The normalized spacial score (nSPS) is 17.7. The zero-order chi connectivity index (χ0) is 32.7. The molecule has 0 unspecified atom stereocenters. The number of amides is 2. The predicted octanol–water partition coefficient (Wildman–Crippen LogP) is 2.67. The van der Waals surface area contributed by atoms with Gasteiger partial charge in [-0.3, -0.25) is 4.79 Å². The molecular formula is C31H34FN5O8S. The largest absolute Gasteiger partial charge is 0.480 e. The minimum atomic E-state index is -4.09. The van der Waals surface area contributed by atoms with Gasteiger partial charge in [-0.2, -0.15) is 4.31 Å². The van der Waals surface area contributed by atoms with Crippen molar-refractivity contribution in [3.63, 3.8) is 0 Å². The Hall–Kier alpha value is -4.76. The van der Waals surface area contributed by atoms with E-state index in [0.29, 0.717) is 38.2 Å². The SMILES string of the molecule is O=C(O)[C@H](Cc1ccc(OC(=O)N2CCN(c3ccccn3)CC2)cc1)NC(=O)[C@@H]1CCCN1S(=O)(=O)c1ccc(OCF)cc1. The quantitative estimate of drug-likeness (QED) is 0.315. The summed E-state index contributed by atoms with van der Waals surface area (Å²) >= 11 is 0. The van der Waals surface area contributed by atoms with Crippen LogP contribution in [0.15, 0.2) is 77.8 Å². The van der Waals surface area contributed by atoms with Gasteiger partial charge in [0.1, 0.15) is 29.4 Å². The van der Waals surface area contributed by atoms with E-state index in [2.05, 4.69) is 15.2 Å². The first kappa shape index (κ1) is 32.6. The van der Waals surface area contributed by atoms with E-state index in [9.17, 15) is 32.3 Å². The third kappa shape index (κ3) is 7.72. The van der Waals surface area contributed by atoms with Crippen LogP contribution in [0.1, 0.15) is 18.4 Å². The lowest BCUT2D eigenvalue weighted by molar-refractivity contribution is -0.142. The van der Waals surface area contributed by atoms with Gasteiger partial charge in [0, 0.05) is 45.3 Å². The number of aliphatic carboxylic acids is 1. The molecule has 2 aliphatic heterocycles. The number of carbonyl (C=O) groups excluding carboxylic acids is 2. The second-order valence-electron chi connectivity index (χ2n) is 10.8. The summed E-state index contributed by atoms with van der Waals surface area (Å²) in [6.45, 7) is 1.18. The predicted molar refractivity (Wildman–Crippen MR) is 164 cm³/mol. The van der Waals surface area contributed by atoms with Crippen LogP contribution in [-0.4, -0.2) is 97.4 Å². The molecule has 2 aromatic carbocycles. The van der Waals surface area contributed by atoms with Gasteiger partial charge in [-0.05, 0) is 66.9 Å². The summed E-state index contributed by atoms with van der Waals surface area (Å²) in [7, 11) is -4.09. The highest BCUT2D eigenvalue weighted by atomic mass is 32.2. The number of carboxylic acids is 1. The number of nitrogens with one attached hydrogen (secondary N) is 1. The molecule has 2 amide bonds. The molecule has 2 aliphatic rings. The van der Waals surface area contributed by atoms with Gasteiger partial charge < -0.3 is 29.7 Å². The first-order valence-corrected chi connectivity index (χ1v) is 16.2. The number of nitrogens with zero attached hydrogens (tertiary/aromatic N) is 4. The fourth-order valence-corrected chi connectivity index (χ4v) is 7.07. The number of rotatable bonds is 11. The van der Waals surface area contributed by atoms with E-state index in [1.807, 2.05) is 18.2 Å². The van der Waals surface area contributed by atoms with Crippen LogP contribution in [0.2, 0.25) is 0 Å². The number of ether oxygens (including phenoxy) is 2. The fraction of sp³-hybridized carbons (Fsp3) is 0.355. The molecule has 15 heteroatoms. The number of carbonyl (C=O) groups is 3. The van der Waals surface area contributed by atoms with E-state index in [4.69, 9.17) is 9.47 Å². The lowest BCUT2D eigenvalue weighted by Crippen LogP contribution is -2.51. The maximum atomic E-state index is 13.3. The number of piperazine rings is 1. The van der Waals surface area contributed by atoms with Crippen LogP contribution >= 0.6 is 0 Å². The molecule has 3 heterocycles. The third-order valence-electron chi connectivity index (χ3n) is 7.85. The van der Waals surface area contributed by atoms with Crippen LogP contribution in [0, 0.1) is 0 Å². The number of hydrogen-bond acceptors (Lipinski definition) is 9. The Balaban J connectivity index is 1.15. The van der Waals surface area contributed by atoms with Crippen LogP contribution < -0.4 is 19.7 Å². The van der Waals surface area contributed by atoms with Crippen molar-refractivity contribution in [1.82, 2.24) is 19.5 Å². The molecule has 0 aliphatic carbocycles. The van der Waals surface area contributed by atoms with E-state index in [1.54, 1.807) is 35.4 Å². The molecule has 2 N–H and O–H groups in total. The summed E-state index contributed by atoms with van der Waals surface area (Å²) in [5.41, 5.74) is 0.558. The van der Waals surface area contributed by atoms with Crippen molar-refractivity contribution in [2.75, 3.05) is 44.5 Å². The number of pyridine rings is 1. The Morgan fingerprint density at radius 2 is 1.65 bits per heavy atom. The maximum Gasteiger partial charge on any atom is 0.415 e. The molecule has 3 aromatic rings. The second kappa shape index (κ2) is 14.6. The van der Waals surface area contributed by atoms with E-state index < -0.39 is 46.9 Å². The van der Waals surface area contributed by atoms with E-state index in [0.717, 1.165) is 10.1 Å². The Labute approximate surface area is 265 Å². The molecule has 2 atom stereocenters. The fourth-order valence-electron chi connectivity index (χ4n) is 5.42. The number of aromatic nitrogens is 1. The summed E-state index contributed by atoms with van der Waals surface area (Å²) in [6, 6.07) is 14.7. The van der Waals surface area contributed by atoms with Crippen molar-refractivity contribution in [3.8, 4) is 11.5 Å². The second-order valence-corrected chi connectivity index (χ2v) is 12.7. The van der Waals surface area contributed by atoms with Gasteiger partial charge in [0.15, 0.2) is 0 Å². The summed E-state index contributed by atoms with van der Waals surface area (Å²) in [4.78, 5) is 45.9. The lowest BCUT2D eigenvalue weighted by Gasteiger charge is -2.34. The van der Waals surface area contributed by atoms with Gasteiger partial charge in [-0.1, -0.05) is 18.2 Å². The molecule has 0 radical (unpaired) electrons.